The van der Waals surface area contributed by atoms with Gasteiger partial charge in [-0.05, 0) is 20.0 Å². The maximum atomic E-state index is 14.4. The van der Waals surface area contributed by atoms with Crippen LogP contribution in [0.25, 0.3) is 0 Å². The van der Waals surface area contributed by atoms with Gasteiger partial charge in [0.2, 0.25) is 0 Å². The van der Waals surface area contributed by atoms with E-state index in [9.17, 15) is 12.8 Å². The van der Waals surface area contributed by atoms with E-state index in [1.165, 1.54) is 19.1 Å². The molecule has 1 unspecified atom stereocenters. The van der Waals surface area contributed by atoms with Crippen molar-refractivity contribution in [3.8, 4) is 0 Å². The number of hydrogen-bond donors (Lipinski definition) is 1. The lowest BCUT2D eigenvalue weighted by molar-refractivity contribution is 0.186. The molecule has 5 heteroatoms. The molecular formula is C12H18FNO2S. The summed E-state index contributed by atoms with van der Waals surface area (Å²) in [5, 5.41) is 2.73. The van der Waals surface area contributed by atoms with Crippen LogP contribution in [-0.2, 0) is 15.5 Å². The van der Waals surface area contributed by atoms with Crippen LogP contribution >= 0.6 is 0 Å². The number of halogens is 1. The first-order chi connectivity index (χ1) is 7.85. The van der Waals surface area contributed by atoms with Crippen molar-refractivity contribution in [2.75, 3.05) is 19.3 Å². The molecule has 0 bridgehead atoms. The number of sulfone groups is 1. The van der Waals surface area contributed by atoms with Crippen LogP contribution in [0.1, 0.15) is 19.4 Å². The van der Waals surface area contributed by atoms with Crippen molar-refractivity contribution in [3.05, 3.63) is 29.8 Å². The summed E-state index contributed by atoms with van der Waals surface area (Å²) in [6.45, 7) is 3.01. The quantitative estimate of drug-likeness (QED) is 0.878. The number of alkyl halides is 1. The van der Waals surface area contributed by atoms with E-state index in [0.717, 1.165) is 0 Å². The number of nitrogens with one attached hydrogen (secondary N) is 1. The lowest BCUT2D eigenvalue weighted by Gasteiger charge is -2.23. The van der Waals surface area contributed by atoms with Gasteiger partial charge in [-0.2, -0.15) is 0 Å². The van der Waals surface area contributed by atoms with Crippen LogP contribution in [0.2, 0.25) is 0 Å². The highest BCUT2D eigenvalue weighted by Gasteiger charge is 2.31. The lowest BCUT2D eigenvalue weighted by atomic mass is 9.98. The molecule has 1 aromatic rings. The summed E-state index contributed by atoms with van der Waals surface area (Å²) < 4.78 is 38.2. The van der Waals surface area contributed by atoms with Crippen LogP contribution in [0.3, 0.4) is 0 Å². The highest BCUT2D eigenvalue weighted by Crippen LogP contribution is 2.30. The Morgan fingerprint density at radius 3 is 2.47 bits per heavy atom. The molecule has 1 rings (SSSR count). The first-order valence-corrected chi connectivity index (χ1v) is 7.16. The predicted octanol–water partition coefficient (Wildman–Crippen LogP) is 1.88. The SMILES string of the molecule is CCS(=O)(=O)c1ccccc1C(C)(F)CNC. The molecule has 0 aromatic heterocycles. The highest BCUT2D eigenvalue weighted by atomic mass is 32.2. The minimum Gasteiger partial charge on any atom is -0.316 e. The minimum atomic E-state index is -3.40. The molecule has 1 atom stereocenters. The molecule has 0 saturated heterocycles. The van der Waals surface area contributed by atoms with E-state index in [2.05, 4.69) is 5.32 Å². The Labute approximate surface area is 102 Å². The fraction of sp³-hybridized carbons (Fsp3) is 0.500. The zero-order valence-electron chi connectivity index (χ0n) is 10.3. The Hall–Kier alpha value is -0.940. The number of hydrogen-bond acceptors (Lipinski definition) is 3. The maximum Gasteiger partial charge on any atom is 0.178 e. The van der Waals surface area contributed by atoms with E-state index in [0.29, 0.717) is 0 Å². The molecule has 0 aliphatic rings. The van der Waals surface area contributed by atoms with Gasteiger partial charge in [-0.3, -0.25) is 0 Å². The van der Waals surface area contributed by atoms with Crippen LogP contribution in [0, 0.1) is 0 Å². The van der Waals surface area contributed by atoms with Crippen LogP contribution in [0.15, 0.2) is 29.2 Å². The highest BCUT2D eigenvalue weighted by molar-refractivity contribution is 7.91. The second kappa shape index (κ2) is 5.14. The van der Waals surface area contributed by atoms with Crippen molar-refractivity contribution < 1.29 is 12.8 Å². The molecule has 0 radical (unpaired) electrons. The number of benzene rings is 1. The van der Waals surface area contributed by atoms with Gasteiger partial charge >= 0.3 is 0 Å². The first-order valence-electron chi connectivity index (χ1n) is 5.51. The molecule has 17 heavy (non-hydrogen) atoms. The summed E-state index contributed by atoms with van der Waals surface area (Å²) in [4.78, 5) is 0.0859. The van der Waals surface area contributed by atoms with Crippen LogP contribution in [0.4, 0.5) is 4.39 Å². The summed E-state index contributed by atoms with van der Waals surface area (Å²) >= 11 is 0. The molecule has 0 heterocycles. The van der Waals surface area contributed by atoms with Crippen molar-refractivity contribution in [1.82, 2.24) is 5.32 Å². The monoisotopic (exact) mass is 259 g/mol. The van der Waals surface area contributed by atoms with Gasteiger partial charge in [-0.25, -0.2) is 12.8 Å². The van der Waals surface area contributed by atoms with Crippen molar-refractivity contribution in [1.29, 1.82) is 0 Å². The molecule has 0 aliphatic heterocycles. The molecule has 0 spiro atoms. The molecular weight excluding hydrogens is 241 g/mol. The van der Waals surface area contributed by atoms with E-state index in [1.807, 2.05) is 0 Å². The second-order valence-corrected chi connectivity index (χ2v) is 6.37. The van der Waals surface area contributed by atoms with Gasteiger partial charge in [0.05, 0.1) is 10.6 Å². The Kier molecular flexibility index (Phi) is 4.27. The van der Waals surface area contributed by atoms with Gasteiger partial charge in [-0.15, -0.1) is 0 Å². The molecule has 1 aromatic carbocycles. The third-order valence-electron chi connectivity index (χ3n) is 2.67. The topological polar surface area (TPSA) is 46.2 Å². The Bertz CT molecular complexity index is 483. The zero-order chi connectivity index (χ0) is 13.1. The minimum absolute atomic E-state index is 0.0281. The lowest BCUT2D eigenvalue weighted by Crippen LogP contribution is -2.31. The average Bonchev–Trinajstić information content (AvgIpc) is 2.29. The molecule has 0 fully saturated rings. The van der Waals surface area contributed by atoms with Gasteiger partial charge in [0, 0.05) is 12.1 Å². The van der Waals surface area contributed by atoms with E-state index < -0.39 is 15.5 Å². The molecule has 3 nitrogen and oxygen atoms in total. The third kappa shape index (κ3) is 3.04. The maximum absolute atomic E-state index is 14.4. The molecule has 0 saturated carbocycles. The zero-order valence-corrected chi connectivity index (χ0v) is 11.1. The molecule has 96 valence electrons. The van der Waals surface area contributed by atoms with Gasteiger partial charge in [-0.1, -0.05) is 25.1 Å². The Balaban J connectivity index is 3.36. The summed E-state index contributed by atoms with van der Waals surface area (Å²) in [6, 6.07) is 6.25. The van der Waals surface area contributed by atoms with Crippen molar-refractivity contribution >= 4 is 9.84 Å². The molecule has 1 N–H and O–H groups in total. The smallest absolute Gasteiger partial charge is 0.178 e. The van der Waals surface area contributed by atoms with E-state index in [1.54, 1.807) is 26.1 Å². The van der Waals surface area contributed by atoms with Gasteiger partial charge in [0.15, 0.2) is 9.84 Å². The van der Waals surface area contributed by atoms with Crippen LogP contribution in [0.5, 0.6) is 0 Å². The van der Waals surface area contributed by atoms with Crippen molar-refractivity contribution in [2.24, 2.45) is 0 Å². The Morgan fingerprint density at radius 2 is 1.94 bits per heavy atom. The number of likely N-dealkylation sites (N-methyl/N-ethyl adjacent to an activating group) is 1. The van der Waals surface area contributed by atoms with Gasteiger partial charge in [0.25, 0.3) is 0 Å². The average molecular weight is 259 g/mol. The third-order valence-corrected chi connectivity index (χ3v) is 4.46. The second-order valence-electron chi connectivity index (χ2n) is 4.13. The molecule has 0 amide bonds. The van der Waals surface area contributed by atoms with Gasteiger partial charge in [0.1, 0.15) is 5.67 Å². The normalized spacial score (nSPS) is 15.5. The predicted molar refractivity (Wildman–Crippen MR) is 66.6 cm³/mol. The van der Waals surface area contributed by atoms with E-state index in [4.69, 9.17) is 0 Å². The van der Waals surface area contributed by atoms with E-state index in [-0.39, 0.29) is 22.8 Å². The van der Waals surface area contributed by atoms with Gasteiger partial charge < -0.3 is 5.32 Å². The van der Waals surface area contributed by atoms with E-state index >= 15 is 0 Å². The first kappa shape index (κ1) is 14.1. The summed E-state index contributed by atoms with van der Waals surface area (Å²) in [5.41, 5.74) is -1.48. The summed E-state index contributed by atoms with van der Waals surface area (Å²) in [7, 11) is -1.76. The fourth-order valence-corrected chi connectivity index (χ4v) is 2.96. The Morgan fingerprint density at radius 1 is 1.35 bits per heavy atom. The largest absolute Gasteiger partial charge is 0.316 e. The van der Waals surface area contributed by atoms with Crippen molar-refractivity contribution in [3.63, 3.8) is 0 Å². The van der Waals surface area contributed by atoms with Crippen LogP contribution < -0.4 is 5.32 Å². The fourth-order valence-electron chi connectivity index (χ4n) is 1.75. The van der Waals surface area contributed by atoms with Crippen molar-refractivity contribution in [2.45, 2.75) is 24.4 Å². The number of rotatable bonds is 5. The summed E-state index contributed by atoms with van der Waals surface area (Å²) in [6.07, 6.45) is 0. The molecule has 0 aliphatic carbocycles. The summed E-state index contributed by atoms with van der Waals surface area (Å²) in [5.74, 6) is -0.0281. The standard InChI is InChI=1S/C12H18FNO2S/c1-4-17(15,16)11-8-6-5-7-10(11)12(2,13)9-14-3/h5-8,14H,4,9H2,1-3H3. The van der Waals surface area contributed by atoms with Crippen LogP contribution in [-0.4, -0.2) is 27.8 Å².